The molecule has 0 saturated carbocycles. The third-order valence-corrected chi connectivity index (χ3v) is 3.65. The highest BCUT2D eigenvalue weighted by Gasteiger charge is 2.14. The second-order valence-corrected chi connectivity index (χ2v) is 5.29. The molecule has 108 valence electrons. The van der Waals surface area contributed by atoms with Crippen LogP contribution in [0.4, 0.5) is 0 Å². The summed E-state index contributed by atoms with van der Waals surface area (Å²) in [5.41, 5.74) is 3.23. The van der Waals surface area contributed by atoms with Crippen molar-refractivity contribution in [3.8, 4) is 5.88 Å². The number of benzene rings is 1. The summed E-state index contributed by atoms with van der Waals surface area (Å²) in [6, 6.07) is 8.10. The third-order valence-electron chi connectivity index (χ3n) is 3.42. The minimum Gasteiger partial charge on any atom is -0.481 e. The maximum atomic E-state index is 6.02. The van der Waals surface area contributed by atoms with E-state index in [1.165, 1.54) is 0 Å². The van der Waals surface area contributed by atoms with Crippen LogP contribution in [-0.2, 0) is 13.6 Å². The zero-order valence-electron chi connectivity index (χ0n) is 12.3. The smallest absolute Gasteiger partial charge is 0.216 e. The molecular weight excluding hydrogens is 274 g/mol. The first-order chi connectivity index (χ1) is 9.52. The predicted molar refractivity (Wildman–Crippen MR) is 81.2 cm³/mol. The standard InChI is InChI=1S/C15H20ClN3O/c1-10(12-6-5-7-13(16)8-12)17-9-14-11(2)18-19(3)15(14)20-4/h5-8,10,17H,9H2,1-4H3. The van der Waals surface area contributed by atoms with Gasteiger partial charge in [-0.2, -0.15) is 5.10 Å². The van der Waals surface area contributed by atoms with Crippen LogP contribution >= 0.6 is 11.6 Å². The van der Waals surface area contributed by atoms with Gasteiger partial charge in [0, 0.05) is 24.7 Å². The molecule has 2 rings (SSSR count). The number of methoxy groups -OCH3 is 1. The molecule has 1 heterocycles. The Morgan fingerprint density at radius 2 is 2.20 bits per heavy atom. The third kappa shape index (κ3) is 3.14. The first-order valence-electron chi connectivity index (χ1n) is 6.58. The number of hydrogen-bond acceptors (Lipinski definition) is 3. The maximum absolute atomic E-state index is 6.02. The summed E-state index contributed by atoms with van der Waals surface area (Å²) < 4.78 is 7.15. The summed E-state index contributed by atoms with van der Waals surface area (Å²) in [6.07, 6.45) is 0. The zero-order chi connectivity index (χ0) is 14.7. The maximum Gasteiger partial charge on any atom is 0.216 e. The summed E-state index contributed by atoms with van der Waals surface area (Å²) >= 11 is 6.02. The van der Waals surface area contributed by atoms with Crippen molar-refractivity contribution in [2.24, 2.45) is 7.05 Å². The van der Waals surface area contributed by atoms with Gasteiger partial charge in [-0.1, -0.05) is 23.7 Å². The highest BCUT2D eigenvalue weighted by Crippen LogP contribution is 2.23. The largest absolute Gasteiger partial charge is 0.481 e. The Hall–Kier alpha value is -1.52. The molecule has 1 aromatic heterocycles. The van der Waals surface area contributed by atoms with Crippen LogP contribution < -0.4 is 10.1 Å². The van der Waals surface area contributed by atoms with Crippen molar-refractivity contribution in [3.05, 3.63) is 46.1 Å². The molecule has 0 spiro atoms. The van der Waals surface area contributed by atoms with E-state index in [9.17, 15) is 0 Å². The average molecular weight is 294 g/mol. The summed E-state index contributed by atoms with van der Waals surface area (Å²) in [5, 5.41) is 8.61. The summed E-state index contributed by atoms with van der Waals surface area (Å²) in [5.74, 6) is 0.799. The number of nitrogens with zero attached hydrogens (tertiary/aromatic N) is 2. The number of ether oxygens (including phenoxy) is 1. The molecule has 0 bridgehead atoms. The van der Waals surface area contributed by atoms with E-state index >= 15 is 0 Å². The van der Waals surface area contributed by atoms with Crippen molar-refractivity contribution >= 4 is 11.6 Å². The number of aryl methyl sites for hydroxylation is 2. The first-order valence-corrected chi connectivity index (χ1v) is 6.96. The van der Waals surface area contributed by atoms with E-state index in [4.69, 9.17) is 16.3 Å². The average Bonchev–Trinajstić information content (AvgIpc) is 2.69. The molecule has 0 aliphatic heterocycles. The van der Waals surface area contributed by atoms with E-state index in [1.807, 2.05) is 32.2 Å². The molecule has 20 heavy (non-hydrogen) atoms. The fraction of sp³-hybridized carbons (Fsp3) is 0.400. The summed E-state index contributed by atoms with van der Waals surface area (Å²) in [4.78, 5) is 0. The fourth-order valence-corrected chi connectivity index (χ4v) is 2.49. The molecule has 1 N–H and O–H groups in total. The van der Waals surface area contributed by atoms with E-state index in [0.717, 1.165) is 27.7 Å². The Morgan fingerprint density at radius 3 is 2.85 bits per heavy atom. The van der Waals surface area contributed by atoms with Crippen molar-refractivity contribution in [3.63, 3.8) is 0 Å². The molecule has 1 unspecified atom stereocenters. The lowest BCUT2D eigenvalue weighted by atomic mass is 10.1. The van der Waals surface area contributed by atoms with Crippen molar-refractivity contribution in [2.75, 3.05) is 7.11 Å². The van der Waals surface area contributed by atoms with Crippen LogP contribution in [0.5, 0.6) is 5.88 Å². The second-order valence-electron chi connectivity index (χ2n) is 4.85. The fourth-order valence-electron chi connectivity index (χ4n) is 2.29. The van der Waals surface area contributed by atoms with Gasteiger partial charge in [-0.15, -0.1) is 0 Å². The molecule has 1 aromatic carbocycles. The van der Waals surface area contributed by atoms with Gasteiger partial charge in [0.15, 0.2) is 0 Å². The van der Waals surface area contributed by atoms with Gasteiger partial charge in [0.25, 0.3) is 0 Å². The van der Waals surface area contributed by atoms with Gasteiger partial charge in [-0.25, -0.2) is 4.68 Å². The number of aromatic nitrogens is 2. The highest BCUT2D eigenvalue weighted by atomic mass is 35.5. The molecular formula is C15H20ClN3O. The van der Waals surface area contributed by atoms with Gasteiger partial charge in [-0.05, 0) is 31.5 Å². The van der Waals surface area contributed by atoms with Crippen molar-refractivity contribution in [1.29, 1.82) is 0 Å². The molecule has 0 amide bonds. The van der Waals surface area contributed by atoms with Gasteiger partial charge in [0.05, 0.1) is 18.4 Å². The Kier molecular flexibility index (Phi) is 4.68. The normalized spacial score (nSPS) is 12.4. The number of halogens is 1. The summed E-state index contributed by atoms with van der Waals surface area (Å²) in [6.45, 7) is 4.81. The monoisotopic (exact) mass is 293 g/mol. The molecule has 5 heteroatoms. The van der Waals surface area contributed by atoms with Crippen molar-refractivity contribution in [2.45, 2.75) is 26.4 Å². The van der Waals surface area contributed by atoms with Gasteiger partial charge in [0.1, 0.15) is 0 Å². The Morgan fingerprint density at radius 1 is 1.45 bits per heavy atom. The van der Waals surface area contributed by atoms with Crippen LogP contribution in [-0.4, -0.2) is 16.9 Å². The molecule has 0 radical (unpaired) electrons. The Labute approximate surface area is 124 Å². The Balaban J connectivity index is 2.09. The van der Waals surface area contributed by atoms with Crippen LogP contribution in [0, 0.1) is 6.92 Å². The molecule has 4 nitrogen and oxygen atoms in total. The lowest BCUT2D eigenvalue weighted by molar-refractivity contribution is 0.367. The van der Waals surface area contributed by atoms with Crippen molar-refractivity contribution in [1.82, 2.24) is 15.1 Å². The second kappa shape index (κ2) is 6.29. The molecule has 0 aliphatic rings. The van der Waals surface area contributed by atoms with E-state index in [2.05, 4.69) is 23.4 Å². The highest BCUT2D eigenvalue weighted by molar-refractivity contribution is 6.30. The molecule has 0 fully saturated rings. The molecule has 1 atom stereocenters. The number of nitrogens with one attached hydrogen (secondary N) is 1. The number of hydrogen-bond donors (Lipinski definition) is 1. The quantitative estimate of drug-likeness (QED) is 0.920. The van der Waals surface area contributed by atoms with Crippen LogP contribution in [0.25, 0.3) is 0 Å². The van der Waals surface area contributed by atoms with Crippen LogP contribution in [0.3, 0.4) is 0 Å². The van der Waals surface area contributed by atoms with Crippen molar-refractivity contribution < 1.29 is 4.74 Å². The van der Waals surface area contributed by atoms with Crippen LogP contribution in [0.15, 0.2) is 24.3 Å². The van der Waals surface area contributed by atoms with Gasteiger partial charge in [-0.3, -0.25) is 0 Å². The zero-order valence-corrected chi connectivity index (χ0v) is 13.0. The first kappa shape index (κ1) is 14.9. The predicted octanol–water partition coefficient (Wildman–Crippen LogP) is 3.24. The van der Waals surface area contributed by atoms with E-state index in [-0.39, 0.29) is 6.04 Å². The molecule has 2 aromatic rings. The topological polar surface area (TPSA) is 39.1 Å². The van der Waals surface area contributed by atoms with Crippen LogP contribution in [0.2, 0.25) is 5.02 Å². The molecule has 0 aliphatic carbocycles. The minimum atomic E-state index is 0.206. The van der Waals surface area contributed by atoms with E-state index < -0.39 is 0 Å². The lowest BCUT2D eigenvalue weighted by Crippen LogP contribution is -2.18. The minimum absolute atomic E-state index is 0.206. The van der Waals surface area contributed by atoms with Gasteiger partial charge in [0.2, 0.25) is 5.88 Å². The van der Waals surface area contributed by atoms with Gasteiger partial charge >= 0.3 is 0 Å². The summed E-state index contributed by atoms with van der Waals surface area (Å²) in [7, 11) is 3.55. The SMILES string of the molecule is COc1c(CNC(C)c2cccc(Cl)c2)c(C)nn1C. The van der Waals surface area contributed by atoms with E-state index in [0.29, 0.717) is 6.54 Å². The van der Waals surface area contributed by atoms with Crippen LogP contribution in [0.1, 0.15) is 29.8 Å². The number of rotatable bonds is 5. The van der Waals surface area contributed by atoms with Gasteiger partial charge < -0.3 is 10.1 Å². The molecule has 0 saturated heterocycles. The Bertz CT molecular complexity index is 595. The lowest BCUT2D eigenvalue weighted by Gasteiger charge is -2.15. The van der Waals surface area contributed by atoms with E-state index in [1.54, 1.807) is 11.8 Å².